The van der Waals surface area contributed by atoms with Crippen molar-refractivity contribution < 1.29 is 14.7 Å². The normalized spacial score (nSPS) is 21.0. The highest BCUT2D eigenvalue weighted by molar-refractivity contribution is 5.79. The Morgan fingerprint density at radius 1 is 1.21 bits per heavy atom. The standard InChI is InChI=1S/C19H26N2O3/c22-17(13-19(24)10-4-5-11-19)20-16(15-7-2-1-3-8-15)14-21-12-6-9-18(21)23/h1-3,7-8,16,24H,4-6,9-14H2,(H,20,22). The second-order valence-corrected chi connectivity index (χ2v) is 7.08. The molecular formula is C19H26N2O3. The number of hydrogen-bond acceptors (Lipinski definition) is 3. The van der Waals surface area contributed by atoms with Crippen LogP contribution in [0.3, 0.4) is 0 Å². The molecule has 0 bridgehead atoms. The molecule has 3 rings (SSSR count). The first-order valence-corrected chi connectivity index (χ1v) is 8.90. The van der Waals surface area contributed by atoms with Crippen molar-refractivity contribution in [2.45, 2.75) is 56.6 Å². The highest BCUT2D eigenvalue weighted by atomic mass is 16.3. The largest absolute Gasteiger partial charge is 0.389 e. The number of carbonyl (C=O) groups is 2. The summed E-state index contributed by atoms with van der Waals surface area (Å²) in [5.74, 6) is 0.0134. The molecular weight excluding hydrogens is 304 g/mol. The smallest absolute Gasteiger partial charge is 0.223 e. The Bertz CT molecular complexity index is 582. The molecule has 0 spiro atoms. The third-order valence-electron chi connectivity index (χ3n) is 5.14. The zero-order valence-corrected chi connectivity index (χ0v) is 14.0. The van der Waals surface area contributed by atoms with Crippen LogP contribution in [0.4, 0.5) is 0 Å². The van der Waals surface area contributed by atoms with E-state index in [1.165, 1.54) is 0 Å². The molecule has 1 aliphatic heterocycles. The Kier molecular flexibility index (Phi) is 5.19. The quantitative estimate of drug-likeness (QED) is 0.840. The van der Waals surface area contributed by atoms with Crippen molar-refractivity contribution in [3.63, 3.8) is 0 Å². The number of rotatable bonds is 6. The number of benzene rings is 1. The molecule has 1 unspecified atom stereocenters. The van der Waals surface area contributed by atoms with Gasteiger partial charge in [-0.3, -0.25) is 9.59 Å². The van der Waals surface area contributed by atoms with Crippen molar-refractivity contribution in [1.82, 2.24) is 10.2 Å². The van der Waals surface area contributed by atoms with Gasteiger partial charge in [0.25, 0.3) is 0 Å². The molecule has 2 amide bonds. The Hall–Kier alpha value is -1.88. The van der Waals surface area contributed by atoms with Gasteiger partial charge in [0.1, 0.15) is 0 Å². The van der Waals surface area contributed by atoms with Crippen LogP contribution in [0.1, 0.15) is 56.6 Å². The van der Waals surface area contributed by atoms with E-state index in [2.05, 4.69) is 5.32 Å². The third-order valence-corrected chi connectivity index (χ3v) is 5.14. The average molecular weight is 330 g/mol. The fraction of sp³-hybridized carbons (Fsp3) is 0.579. The van der Waals surface area contributed by atoms with Gasteiger partial charge < -0.3 is 15.3 Å². The molecule has 5 heteroatoms. The van der Waals surface area contributed by atoms with E-state index in [4.69, 9.17) is 0 Å². The minimum Gasteiger partial charge on any atom is -0.389 e. The molecule has 1 aromatic carbocycles. The molecule has 1 aromatic rings. The summed E-state index contributed by atoms with van der Waals surface area (Å²) in [5, 5.41) is 13.5. The molecule has 1 saturated heterocycles. The Morgan fingerprint density at radius 2 is 1.92 bits per heavy atom. The van der Waals surface area contributed by atoms with Crippen LogP contribution in [-0.4, -0.2) is 40.5 Å². The van der Waals surface area contributed by atoms with Crippen LogP contribution in [0.2, 0.25) is 0 Å². The maximum Gasteiger partial charge on any atom is 0.223 e. The van der Waals surface area contributed by atoms with Crippen molar-refractivity contribution >= 4 is 11.8 Å². The summed E-state index contributed by atoms with van der Waals surface area (Å²) in [4.78, 5) is 26.2. The van der Waals surface area contributed by atoms with Crippen LogP contribution in [-0.2, 0) is 9.59 Å². The predicted octanol–water partition coefficient (Wildman–Crippen LogP) is 2.16. The van der Waals surface area contributed by atoms with Gasteiger partial charge in [0.05, 0.1) is 18.1 Å². The van der Waals surface area contributed by atoms with E-state index in [0.717, 1.165) is 31.4 Å². The first kappa shape index (κ1) is 17.0. The number of aliphatic hydroxyl groups is 1. The highest BCUT2D eigenvalue weighted by Crippen LogP contribution is 2.32. The van der Waals surface area contributed by atoms with E-state index in [-0.39, 0.29) is 24.3 Å². The van der Waals surface area contributed by atoms with Crippen molar-refractivity contribution in [1.29, 1.82) is 0 Å². The van der Waals surface area contributed by atoms with Gasteiger partial charge in [0, 0.05) is 19.5 Å². The molecule has 5 nitrogen and oxygen atoms in total. The van der Waals surface area contributed by atoms with Gasteiger partial charge >= 0.3 is 0 Å². The molecule has 0 radical (unpaired) electrons. The molecule has 1 heterocycles. The maximum absolute atomic E-state index is 12.5. The molecule has 1 aliphatic carbocycles. The number of nitrogens with one attached hydrogen (secondary N) is 1. The minimum atomic E-state index is -0.852. The van der Waals surface area contributed by atoms with E-state index in [1.54, 1.807) is 0 Å². The molecule has 1 atom stereocenters. The summed E-state index contributed by atoms with van der Waals surface area (Å²) in [6.45, 7) is 1.25. The fourth-order valence-corrected chi connectivity index (χ4v) is 3.79. The lowest BCUT2D eigenvalue weighted by Crippen LogP contribution is -2.41. The van der Waals surface area contributed by atoms with Gasteiger partial charge in [0.2, 0.25) is 11.8 Å². The summed E-state index contributed by atoms with van der Waals surface area (Å²) in [5.41, 5.74) is 0.137. The molecule has 24 heavy (non-hydrogen) atoms. The van der Waals surface area contributed by atoms with Gasteiger partial charge in [-0.25, -0.2) is 0 Å². The second-order valence-electron chi connectivity index (χ2n) is 7.08. The zero-order chi connectivity index (χ0) is 17.0. The molecule has 2 aliphatic rings. The monoisotopic (exact) mass is 330 g/mol. The summed E-state index contributed by atoms with van der Waals surface area (Å²) in [6, 6.07) is 9.51. The number of likely N-dealkylation sites (tertiary alicyclic amines) is 1. The summed E-state index contributed by atoms with van der Waals surface area (Å²) in [6.07, 6.45) is 4.97. The number of nitrogens with zero attached hydrogens (tertiary/aromatic N) is 1. The van der Waals surface area contributed by atoms with Crippen LogP contribution in [0.25, 0.3) is 0 Å². The van der Waals surface area contributed by atoms with E-state index in [0.29, 0.717) is 25.8 Å². The molecule has 2 N–H and O–H groups in total. The van der Waals surface area contributed by atoms with Crippen molar-refractivity contribution in [3.05, 3.63) is 35.9 Å². The van der Waals surface area contributed by atoms with Crippen molar-refractivity contribution in [3.8, 4) is 0 Å². The van der Waals surface area contributed by atoms with Crippen molar-refractivity contribution in [2.75, 3.05) is 13.1 Å². The topological polar surface area (TPSA) is 69.6 Å². The van der Waals surface area contributed by atoms with Crippen LogP contribution >= 0.6 is 0 Å². The van der Waals surface area contributed by atoms with Gasteiger partial charge in [-0.15, -0.1) is 0 Å². The Balaban J connectivity index is 1.67. The van der Waals surface area contributed by atoms with Gasteiger partial charge in [-0.1, -0.05) is 43.2 Å². The molecule has 2 fully saturated rings. The second kappa shape index (κ2) is 7.34. The number of carbonyl (C=O) groups excluding carboxylic acids is 2. The van der Waals surface area contributed by atoms with E-state index < -0.39 is 5.60 Å². The minimum absolute atomic E-state index is 0.139. The van der Waals surface area contributed by atoms with Crippen LogP contribution in [0.5, 0.6) is 0 Å². The van der Waals surface area contributed by atoms with E-state index in [9.17, 15) is 14.7 Å². The Morgan fingerprint density at radius 3 is 2.54 bits per heavy atom. The predicted molar refractivity (Wildman–Crippen MR) is 91.2 cm³/mol. The third kappa shape index (κ3) is 4.15. The summed E-state index contributed by atoms with van der Waals surface area (Å²) < 4.78 is 0. The van der Waals surface area contributed by atoms with Gasteiger partial charge in [-0.05, 0) is 24.8 Å². The highest BCUT2D eigenvalue weighted by Gasteiger charge is 2.34. The van der Waals surface area contributed by atoms with E-state index in [1.807, 2.05) is 35.2 Å². The Labute approximate surface area is 143 Å². The fourth-order valence-electron chi connectivity index (χ4n) is 3.79. The van der Waals surface area contributed by atoms with Crippen molar-refractivity contribution in [2.24, 2.45) is 0 Å². The molecule has 130 valence electrons. The SMILES string of the molecule is O=C(CC1(O)CCCC1)NC(CN1CCCC1=O)c1ccccc1. The molecule has 0 aromatic heterocycles. The lowest BCUT2D eigenvalue weighted by atomic mass is 9.97. The first-order valence-electron chi connectivity index (χ1n) is 8.90. The maximum atomic E-state index is 12.5. The zero-order valence-electron chi connectivity index (χ0n) is 14.0. The van der Waals surface area contributed by atoms with Crippen LogP contribution in [0, 0.1) is 0 Å². The first-order chi connectivity index (χ1) is 11.6. The van der Waals surface area contributed by atoms with Crippen LogP contribution in [0.15, 0.2) is 30.3 Å². The summed E-state index contributed by atoms with van der Waals surface area (Å²) in [7, 11) is 0. The number of hydrogen-bond donors (Lipinski definition) is 2. The van der Waals surface area contributed by atoms with Crippen LogP contribution < -0.4 is 5.32 Å². The van der Waals surface area contributed by atoms with E-state index >= 15 is 0 Å². The number of amides is 2. The summed E-state index contributed by atoms with van der Waals surface area (Å²) >= 11 is 0. The average Bonchev–Trinajstić information content (AvgIpc) is 3.16. The van der Waals surface area contributed by atoms with Gasteiger partial charge in [0.15, 0.2) is 0 Å². The molecule has 1 saturated carbocycles. The lowest BCUT2D eigenvalue weighted by Gasteiger charge is -2.27. The van der Waals surface area contributed by atoms with Gasteiger partial charge in [-0.2, -0.15) is 0 Å². The lowest BCUT2D eigenvalue weighted by molar-refractivity contribution is -0.130.